The average molecular weight is 677 g/mol. The van der Waals surface area contributed by atoms with Crippen LogP contribution in [0, 0.1) is 5.92 Å². The summed E-state index contributed by atoms with van der Waals surface area (Å²) in [5.74, 6) is -2.50. The van der Waals surface area contributed by atoms with Gasteiger partial charge >= 0.3 is 0 Å². The molecule has 3 aromatic rings. The summed E-state index contributed by atoms with van der Waals surface area (Å²) >= 11 is 1.24. The van der Waals surface area contributed by atoms with E-state index in [0.717, 1.165) is 11.1 Å². The number of aromatic nitrogens is 2. The van der Waals surface area contributed by atoms with Crippen molar-refractivity contribution in [3.63, 3.8) is 0 Å². The largest absolute Gasteiger partial charge is 0.345 e. The number of carbonyl (C=O) groups excluding carboxylic acids is 5. The molecule has 0 saturated heterocycles. The molecule has 0 saturated carbocycles. The number of nitrogens with zero attached hydrogens (tertiary/aromatic N) is 4. The summed E-state index contributed by atoms with van der Waals surface area (Å²) in [6.45, 7) is 7.79. The number of likely N-dealkylation sites (N-methyl/N-ethyl adjacent to an activating group) is 1. The maximum atomic E-state index is 13.6. The summed E-state index contributed by atoms with van der Waals surface area (Å²) in [6.07, 6.45) is 3.81. The van der Waals surface area contributed by atoms with E-state index in [4.69, 9.17) is 0 Å². The van der Waals surface area contributed by atoms with Crippen molar-refractivity contribution in [2.75, 3.05) is 26.7 Å². The Morgan fingerprint density at radius 1 is 0.854 bits per heavy atom. The summed E-state index contributed by atoms with van der Waals surface area (Å²) in [5.41, 5.74) is 2.04. The molecule has 3 heterocycles. The third kappa shape index (κ3) is 10.2. The van der Waals surface area contributed by atoms with E-state index in [2.05, 4.69) is 31.2 Å². The summed E-state index contributed by atoms with van der Waals surface area (Å²) in [7, 11) is 1.65. The van der Waals surface area contributed by atoms with E-state index in [1.54, 1.807) is 45.6 Å². The minimum absolute atomic E-state index is 0.0298. The van der Waals surface area contributed by atoms with E-state index in [1.165, 1.54) is 23.2 Å². The first kappa shape index (κ1) is 36.2. The van der Waals surface area contributed by atoms with Gasteiger partial charge in [0.25, 0.3) is 5.91 Å². The first-order valence-corrected chi connectivity index (χ1v) is 16.9. The number of pyridine rings is 1. The highest BCUT2D eigenvalue weighted by Crippen LogP contribution is 2.23. The summed E-state index contributed by atoms with van der Waals surface area (Å²) in [4.78, 5) is 78.6. The van der Waals surface area contributed by atoms with Crippen LogP contribution in [0.15, 0.2) is 60.2 Å². The van der Waals surface area contributed by atoms with Crippen LogP contribution in [-0.4, -0.2) is 94.1 Å². The number of benzene rings is 1. The molecule has 4 atom stereocenters. The molecule has 1 aliphatic rings. The van der Waals surface area contributed by atoms with Crippen LogP contribution < -0.4 is 21.3 Å². The van der Waals surface area contributed by atoms with Gasteiger partial charge in [0.1, 0.15) is 28.8 Å². The van der Waals surface area contributed by atoms with Crippen molar-refractivity contribution in [3.05, 3.63) is 82.1 Å². The maximum Gasteiger partial charge on any atom is 0.271 e. The van der Waals surface area contributed by atoms with Gasteiger partial charge in [-0.15, -0.1) is 11.3 Å². The molecule has 14 heteroatoms. The predicted molar refractivity (Wildman–Crippen MR) is 182 cm³/mol. The molecule has 2 bridgehead atoms. The van der Waals surface area contributed by atoms with Gasteiger partial charge in [-0.2, -0.15) is 0 Å². The lowest BCUT2D eigenvalue weighted by atomic mass is 10.0. The van der Waals surface area contributed by atoms with Crippen molar-refractivity contribution in [1.29, 1.82) is 0 Å². The summed E-state index contributed by atoms with van der Waals surface area (Å²) < 4.78 is 0. The zero-order valence-corrected chi connectivity index (χ0v) is 28.8. The standard InChI is InChI=1S/C34H44N8O5S/c1-21(2)29-32(46)37-23(4)34(47)41(5)15-16-42(18-25-11-13-35-14-12-25)19-28(43)38-26(17-24-9-7-6-8-10-24)33-39-27(20-48-33)31(45)36-22(3)30(44)40-29/h6-14,20-23,26,29H,15-19H2,1-5H3,(H,36,45)(H,37,46)(H,38,43)(H,40,44)/t22-,23+,26-,29-/m0/s1. The minimum atomic E-state index is -0.984. The second kappa shape index (κ2) is 16.9. The van der Waals surface area contributed by atoms with Crippen LogP contribution in [0.4, 0.5) is 0 Å². The van der Waals surface area contributed by atoms with Gasteiger partial charge in [0, 0.05) is 44.5 Å². The Hall–Kier alpha value is -4.69. The number of fused-ring (bicyclic) bond motifs is 2. The highest BCUT2D eigenvalue weighted by molar-refractivity contribution is 7.09. The summed E-state index contributed by atoms with van der Waals surface area (Å²) in [5, 5.41) is 13.3. The van der Waals surface area contributed by atoms with Crippen LogP contribution >= 0.6 is 11.3 Å². The molecule has 256 valence electrons. The smallest absolute Gasteiger partial charge is 0.271 e. The van der Waals surface area contributed by atoms with E-state index in [-0.39, 0.29) is 36.5 Å². The topological polar surface area (TPSA) is 166 Å². The van der Waals surface area contributed by atoms with Crippen molar-refractivity contribution >= 4 is 40.9 Å². The fourth-order valence-corrected chi connectivity index (χ4v) is 6.10. The van der Waals surface area contributed by atoms with Crippen molar-refractivity contribution in [2.45, 2.75) is 64.8 Å². The van der Waals surface area contributed by atoms with Gasteiger partial charge in [-0.25, -0.2) is 4.98 Å². The van der Waals surface area contributed by atoms with Crippen molar-refractivity contribution in [1.82, 2.24) is 41.0 Å². The minimum Gasteiger partial charge on any atom is -0.345 e. The number of hydrogen-bond acceptors (Lipinski definition) is 9. The Morgan fingerprint density at radius 2 is 1.56 bits per heavy atom. The molecule has 1 aromatic carbocycles. The molecule has 13 nitrogen and oxygen atoms in total. The molecule has 2 aromatic heterocycles. The molecule has 5 amide bonds. The molecular weight excluding hydrogens is 632 g/mol. The van der Waals surface area contributed by atoms with Crippen LogP contribution in [0.2, 0.25) is 0 Å². The predicted octanol–water partition coefficient (Wildman–Crippen LogP) is 1.68. The van der Waals surface area contributed by atoms with E-state index < -0.39 is 41.9 Å². The zero-order chi connectivity index (χ0) is 34.8. The Morgan fingerprint density at radius 3 is 2.25 bits per heavy atom. The van der Waals surface area contributed by atoms with Crippen LogP contribution in [0.3, 0.4) is 0 Å². The fraction of sp³-hybridized carbons (Fsp3) is 0.441. The van der Waals surface area contributed by atoms with E-state index in [0.29, 0.717) is 24.5 Å². The molecule has 4 rings (SSSR count). The number of amides is 5. The third-order valence-corrected chi connectivity index (χ3v) is 9.00. The van der Waals surface area contributed by atoms with Gasteiger partial charge < -0.3 is 26.2 Å². The van der Waals surface area contributed by atoms with Gasteiger partial charge in [-0.3, -0.25) is 33.9 Å². The Kier molecular flexibility index (Phi) is 12.7. The first-order valence-electron chi connectivity index (χ1n) is 16.0. The van der Waals surface area contributed by atoms with Crippen molar-refractivity contribution in [3.8, 4) is 0 Å². The summed E-state index contributed by atoms with van der Waals surface area (Å²) in [6, 6.07) is 10.1. The molecule has 0 spiro atoms. The normalized spacial score (nSPS) is 22.7. The lowest BCUT2D eigenvalue weighted by molar-refractivity contribution is -0.136. The Bertz CT molecular complexity index is 1570. The Labute approximate surface area is 284 Å². The van der Waals surface area contributed by atoms with Crippen molar-refractivity contribution < 1.29 is 24.0 Å². The fourth-order valence-electron chi connectivity index (χ4n) is 5.25. The monoisotopic (exact) mass is 676 g/mol. The third-order valence-electron chi connectivity index (χ3n) is 8.04. The maximum absolute atomic E-state index is 13.6. The molecule has 0 unspecified atom stereocenters. The van der Waals surface area contributed by atoms with E-state index >= 15 is 0 Å². The highest BCUT2D eigenvalue weighted by atomic mass is 32.1. The lowest BCUT2D eigenvalue weighted by Gasteiger charge is -2.29. The van der Waals surface area contributed by atoms with Crippen LogP contribution in [-0.2, 0) is 32.1 Å². The first-order chi connectivity index (χ1) is 22.9. The van der Waals surface area contributed by atoms with Gasteiger partial charge in [0.2, 0.25) is 23.6 Å². The molecule has 4 N–H and O–H groups in total. The molecule has 0 fully saturated rings. The molecule has 48 heavy (non-hydrogen) atoms. The number of thiazole rings is 1. The quantitative estimate of drug-likeness (QED) is 0.317. The second-order valence-corrected chi connectivity index (χ2v) is 13.3. The number of carbonyl (C=O) groups is 5. The molecule has 1 aliphatic heterocycles. The van der Waals surface area contributed by atoms with Crippen molar-refractivity contribution in [2.24, 2.45) is 5.92 Å². The van der Waals surface area contributed by atoms with Gasteiger partial charge in [0.15, 0.2) is 0 Å². The number of rotatable bonds is 5. The van der Waals surface area contributed by atoms with Crippen LogP contribution in [0.25, 0.3) is 0 Å². The molecule has 0 aliphatic carbocycles. The van der Waals surface area contributed by atoms with Gasteiger partial charge in [-0.1, -0.05) is 44.2 Å². The lowest BCUT2D eigenvalue weighted by Crippen LogP contribution is -2.57. The second-order valence-electron chi connectivity index (χ2n) is 12.4. The Balaban J connectivity index is 1.65. The highest BCUT2D eigenvalue weighted by Gasteiger charge is 2.31. The number of hydrogen-bond donors (Lipinski definition) is 4. The van der Waals surface area contributed by atoms with Gasteiger partial charge in [0.05, 0.1) is 12.6 Å². The SMILES string of the molecule is CC(C)[C@@H]1NC(=O)[C@H](C)NC(=O)c2csc(n2)[C@H](Cc2ccccc2)NC(=O)CN(Cc2ccncc2)CCN(C)C(=O)[C@@H](C)NC1=O. The average Bonchev–Trinajstić information content (AvgIpc) is 3.56. The zero-order valence-electron chi connectivity index (χ0n) is 27.9. The molecular formula is C34H44N8O5S. The van der Waals surface area contributed by atoms with Crippen LogP contribution in [0.1, 0.15) is 60.4 Å². The van der Waals surface area contributed by atoms with Crippen LogP contribution in [0.5, 0.6) is 0 Å². The number of nitrogens with one attached hydrogen (secondary N) is 4. The van der Waals surface area contributed by atoms with Gasteiger partial charge in [-0.05, 0) is 49.4 Å². The molecule has 0 radical (unpaired) electrons. The van der Waals surface area contributed by atoms with E-state index in [9.17, 15) is 24.0 Å². The van der Waals surface area contributed by atoms with E-state index in [1.807, 2.05) is 47.4 Å².